The molecule has 9 heteroatoms. The highest BCUT2D eigenvalue weighted by molar-refractivity contribution is 7.80. The summed E-state index contributed by atoms with van der Waals surface area (Å²) in [5.41, 5.74) is 1.77. The molecule has 0 radical (unpaired) electrons. The van der Waals surface area contributed by atoms with Gasteiger partial charge in [-0.25, -0.2) is 4.79 Å². The zero-order valence-electron chi connectivity index (χ0n) is 17.5. The van der Waals surface area contributed by atoms with Crippen LogP contribution in [0.25, 0.3) is 6.08 Å². The van der Waals surface area contributed by atoms with Gasteiger partial charge in [0.2, 0.25) is 0 Å². The molecule has 0 unspecified atom stereocenters. The van der Waals surface area contributed by atoms with E-state index in [0.717, 1.165) is 0 Å². The summed E-state index contributed by atoms with van der Waals surface area (Å²) in [6, 6.07) is 19.9. The van der Waals surface area contributed by atoms with Crippen LogP contribution in [-0.4, -0.2) is 28.0 Å². The van der Waals surface area contributed by atoms with Gasteiger partial charge in [0.15, 0.2) is 5.11 Å². The molecule has 3 aromatic rings. The van der Waals surface area contributed by atoms with E-state index in [1.165, 1.54) is 23.1 Å². The lowest BCUT2D eigenvalue weighted by Gasteiger charge is -2.29. The summed E-state index contributed by atoms with van der Waals surface area (Å²) >= 11 is 11.2. The number of benzene rings is 3. The molecule has 1 fully saturated rings. The Morgan fingerprint density at radius 1 is 1.06 bits per heavy atom. The second-order valence-corrected chi connectivity index (χ2v) is 8.13. The first-order valence-corrected chi connectivity index (χ1v) is 10.8. The molecular weight excluding hydrogens is 476 g/mol. The number of aromatic carboxylic acids is 1. The number of nitrogens with one attached hydrogen (secondary N) is 1. The molecule has 0 spiro atoms. The molecule has 2 amide bonds. The van der Waals surface area contributed by atoms with Gasteiger partial charge < -0.3 is 9.84 Å². The molecule has 0 aromatic heterocycles. The first kappa shape index (κ1) is 23.2. The Labute approximate surface area is 205 Å². The first-order chi connectivity index (χ1) is 16.3. The summed E-state index contributed by atoms with van der Waals surface area (Å²) in [5.74, 6) is -1.71. The van der Waals surface area contributed by atoms with Crippen molar-refractivity contribution in [1.29, 1.82) is 0 Å². The van der Waals surface area contributed by atoms with Crippen molar-refractivity contribution in [2.75, 3.05) is 4.90 Å². The molecule has 170 valence electrons. The average molecular weight is 493 g/mol. The van der Waals surface area contributed by atoms with Crippen molar-refractivity contribution >= 4 is 58.5 Å². The molecule has 4 rings (SSSR count). The van der Waals surface area contributed by atoms with E-state index in [1.807, 2.05) is 0 Å². The Balaban J connectivity index is 1.56. The smallest absolute Gasteiger partial charge is 0.335 e. The minimum Gasteiger partial charge on any atom is -0.489 e. The van der Waals surface area contributed by atoms with Gasteiger partial charge in [0.1, 0.15) is 17.9 Å². The van der Waals surface area contributed by atoms with Gasteiger partial charge in [-0.05, 0) is 71.9 Å². The van der Waals surface area contributed by atoms with Crippen LogP contribution in [0.1, 0.15) is 21.5 Å². The Bertz CT molecular complexity index is 1350. The van der Waals surface area contributed by atoms with Crippen molar-refractivity contribution in [3.05, 3.63) is 100 Å². The monoisotopic (exact) mass is 492 g/mol. The second-order valence-electron chi connectivity index (χ2n) is 7.30. The van der Waals surface area contributed by atoms with E-state index >= 15 is 0 Å². The normalized spacial score (nSPS) is 14.8. The average Bonchev–Trinajstić information content (AvgIpc) is 2.81. The Kier molecular flexibility index (Phi) is 6.72. The van der Waals surface area contributed by atoms with Crippen LogP contribution in [0, 0.1) is 0 Å². The number of hydrogen-bond acceptors (Lipinski definition) is 5. The molecule has 0 bridgehead atoms. The third-order valence-corrected chi connectivity index (χ3v) is 5.44. The Hall–Kier alpha value is -4.01. The molecule has 1 aliphatic rings. The minimum atomic E-state index is -1.02. The van der Waals surface area contributed by atoms with E-state index in [1.54, 1.807) is 60.7 Å². The van der Waals surface area contributed by atoms with Crippen LogP contribution in [0.2, 0.25) is 5.02 Å². The molecule has 1 saturated heterocycles. The standard InChI is InChI=1S/C25H17ClN2O5S/c26-18-7-3-8-19(13-18)28-23(30)21(22(29)27-25(28)34)12-15-4-2-9-20(11-15)33-14-16-5-1-6-17(10-16)24(31)32/h1-13H,14H2,(H,31,32)(H,27,29,34)/b21-12+. The quantitative estimate of drug-likeness (QED) is 0.300. The summed E-state index contributed by atoms with van der Waals surface area (Å²) < 4.78 is 5.78. The van der Waals surface area contributed by atoms with E-state index in [0.29, 0.717) is 27.6 Å². The highest BCUT2D eigenvalue weighted by atomic mass is 35.5. The van der Waals surface area contributed by atoms with Crippen LogP contribution in [-0.2, 0) is 16.2 Å². The maximum atomic E-state index is 13.1. The van der Waals surface area contributed by atoms with Gasteiger partial charge in [0, 0.05) is 5.02 Å². The van der Waals surface area contributed by atoms with Crippen LogP contribution in [0.5, 0.6) is 5.75 Å². The second kappa shape index (κ2) is 9.86. The fourth-order valence-corrected chi connectivity index (χ4v) is 3.79. The third-order valence-electron chi connectivity index (χ3n) is 4.92. The summed E-state index contributed by atoms with van der Waals surface area (Å²) in [4.78, 5) is 38.0. The van der Waals surface area contributed by atoms with Gasteiger partial charge in [-0.1, -0.05) is 41.9 Å². The van der Waals surface area contributed by atoms with Crippen molar-refractivity contribution in [1.82, 2.24) is 5.32 Å². The number of hydrogen-bond donors (Lipinski definition) is 2. The van der Waals surface area contributed by atoms with Gasteiger partial charge >= 0.3 is 5.97 Å². The predicted molar refractivity (Wildman–Crippen MR) is 132 cm³/mol. The zero-order valence-corrected chi connectivity index (χ0v) is 19.1. The minimum absolute atomic E-state index is 0.0323. The third kappa shape index (κ3) is 5.14. The number of anilines is 1. The molecule has 0 saturated carbocycles. The summed E-state index contributed by atoms with van der Waals surface area (Å²) in [6.45, 7) is 0.150. The van der Waals surface area contributed by atoms with Gasteiger partial charge in [-0.2, -0.15) is 0 Å². The Morgan fingerprint density at radius 2 is 1.82 bits per heavy atom. The van der Waals surface area contributed by atoms with Gasteiger partial charge in [-0.15, -0.1) is 0 Å². The van der Waals surface area contributed by atoms with E-state index in [2.05, 4.69) is 5.32 Å². The fourth-order valence-electron chi connectivity index (χ4n) is 3.33. The molecule has 2 N–H and O–H groups in total. The molecule has 1 heterocycles. The highest BCUT2D eigenvalue weighted by Crippen LogP contribution is 2.25. The SMILES string of the molecule is O=C1NC(=S)N(c2cccc(Cl)c2)C(=O)/C1=C/c1cccc(OCc2cccc(C(=O)O)c2)c1. The van der Waals surface area contributed by atoms with Gasteiger partial charge in [-0.3, -0.25) is 19.8 Å². The largest absolute Gasteiger partial charge is 0.489 e. The summed E-state index contributed by atoms with van der Waals surface area (Å²) in [7, 11) is 0. The number of nitrogens with zero attached hydrogens (tertiary/aromatic N) is 1. The summed E-state index contributed by atoms with van der Waals surface area (Å²) in [6.07, 6.45) is 1.45. The van der Waals surface area contributed by atoms with Crippen LogP contribution in [0.4, 0.5) is 5.69 Å². The number of carboxylic acids is 1. The van der Waals surface area contributed by atoms with Crippen molar-refractivity contribution in [3.8, 4) is 5.75 Å². The molecular formula is C25H17ClN2O5S. The molecule has 34 heavy (non-hydrogen) atoms. The molecule has 7 nitrogen and oxygen atoms in total. The van der Waals surface area contributed by atoms with Crippen LogP contribution >= 0.6 is 23.8 Å². The van der Waals surface area contributed by atoms with Crippen molar-refractivity contribution in [3.63, 3.8) is 0 Å². The number of thiocarbonyl (C=S) groups is 1. The van der Waals surface area contributed by atoms with E-state index < -0.39 is 17.8 Å². The maximum absolute atomic E-state index is 13.1. The van der Waals surface area contributed by atoms with Crippen LogP contribution in [0.3, 0.4) is 0 Å². The van der Waals surface area contributed by atoms with Gasteiger partial charge in [0.05, 0.1) is 11.3 Å². The van der Waals surface area contributed by atoms with Crippen molar-refractivity contribution < 1.29 is 24.2 Å². The number of carbonyl (C=O) groups is 3. The number of carbonyl (C=O) groups excluding carboxylic acids is 2. The number of rotatable bonds is 6. The number of halogens is 1. The number of ether oxygens (including phenoxy) is 1. The first-order valence-electron chi connectivity index (χ1n) is 10.0. The van der Waals surface area contributed by atoms with E-state index in [4.69, 9.17) is 33.7 Å². The van der Waals surface area contributed by atoms with Gasteiger partial charge in [0.25, 0.3) is 11.8 Å². The highest BCUT2D eigenvalue weighted by Gasteiger charge is 2.34. The van der Waals surface area contributed by atoms with Crippen molar-refractivity contribution in [2.24, 2.45) is 0 Å². The summed E-state index contributed by atoms with van der Waals surface area (Å²) in [5, 5.41) is 12.0. The van der Waals surface area contributed by atoms with Crippen molar-refractivity contribution in [2.45, 2.75) is 6.61 Å². The molecule has 3 aromatic carbocycles. The van der Waals surface area contributed by atoms with E-state index in [9.17, 15) is 14.4 Å². The topological polar surface area (TPSA) is 95.9 Å². The lowest BCUT2D eigenvalue weighted by molar-refractivity contribution is -0.122. The number of amides is 2. The molecule has 0 aliphatic carbocycles. The maximum Gasteiger partial charge on any atom is 0.335 e. The Morgan fingerprint density at radius 3 is 2.59 bits per heavy atom. The lowest BCUT2D eigenvalue weighted by Crippen LogP contribution is -2.54. The van der Waals surface area contributed by atoms with Crippen LogP contribution in [0.15, 0.2) is 78.4 Å². The van der Waals surface area contributed by atoms with E-state index in [-0.39, 0.29) is 22.9 Å². The lowest BCUT2D eigenvalue weighted by atomic mass is 10.1. The number of carboxylic acid groups (broad SMARTS) is 1. The molecule has 0 atom stereocenters. The predicted octanol–water partition coefficient (Wildman–Crippen LogP) is 4.45. The fraction of sp³-hybridized carbons (Fsp3) is 0.0400. The zero-order chi connectivity index (χ0) is 24.2. The molecule has 1 aliphatic heterocycles. The van der Waals surface area contributed by atoms with Crippen LogP contribution < -0.4 is 15.0 Å².